The molecular weight excluding hydrogens is 286 g/mol. The fraction of sp³-hybridized carbons (Fsp3) is 0.474. The number of ketones is 1. The van der Waals surface area contributed by atoms with Crippen LogP contribution >= 0.6 is 0 Å². The predicted octanol–water partition coefficient (Wildman–Crippen LogP) is 3.44. The van der Waals surface area contributed by atoms with E-state index in [1.54, 1.807) is 12.4 Å². The summed E-state index contributed by atoms with van der Waals surface area (Å²) in [5.74, 6) is 0.197. The van der Waals surface area contributed by atoms with E-state index in [9.17, 15) is 4.79 Å². The molecule has 2 aromatic heterocycles. The molecule has 0 aromatic carbocycles. The molecule has 0 bridgehead atoms. The second-order valence-electron chi connectivity index (χ2n) is 6.51. The van der Waals surface area contributed by atoms with Crippen molar-refractivity contribution in [3.63, 3.8) is 0 Å². The Bertz CT molecular complexity index is 659. The minimum Gasteiger partial charge on any atom is -0.346 e. The molecular formula is C19H27N3O. The maximum Gasteiger partial charge on any atom is 0.178 e. The van der Waals surface area contributed by atoms with Crippen LogP contribution in [0.15, 0.2) is 30.6 Å². The Labute approximate surface area is 139 Å². The lowest BCUT2D eigenvalue weighted by Gasteiger charge is -2.16. The van der Waals surface area contributed by atoms with Crippen molar-refractivity contribution in [2.45, 2.75) is 40.2 Å². The molecule has 2 rings (SSSR count). The zero-order valence-corrected chi connectivity index (χ0v) is 14.8. The summed E-state index contributed by atoms with van der Waals surface area (Å²) in [5, 5.41) is 0. The van der Waals surface area contributed by atoms with E-state index in [1.165, 1.54) is 5.56 Å². The van der Waals surface area contributed by atoms with Crippen LogP contribution < -0.4 is 0 Å². The third-order valence-electron chi connectivity index (χ3n) is 4.25. The highest BCUT2D eigenvalue weighted by molar-refractivity contribution is 5.99. The first-order valence-electron chi connectivity index (χ1n) is 8.19. The molecule has 0 saturated heterocycles. The number of Topliss-reactive ketones (excluding diaryl/α,β-unsaturated/α-hetero) is 1. The molecule has 0 amide bonds. The molecule has 0 aliphatic rings. The number of aromatic nitrogens is 2. The molecule has 23 heavy (non-hydrogen) atoms. The third kappa shape index (κ3) is 4.29. The van der Waals surface area contributed by atoms with Crippen molar-refractivity contribution in [3.8, 4) is 0 Å². The van der Waals surface area contributed by atoms with Gasteiger partial charge in [0, 0.05) is 41.9 Å². The fourth-order valence-electron chi connectivity index (χ4n) is 3.13. The molecule has 0 fully saturated rings. The molecule has 2 aromatic rings. The van der Waals surface area contributed by atoms with Crippen LogP contribution in [0.4, 0.5) is 0 Å². The molecule has 0 atom stereocenters. The van der Waals surface area contributed by atoms with E-state index in [1.807, 2.05) is 32.2 Å². The number of carbonyl (C=O) groups is 1. The lowest BCUT2D eigenvalue weighted by molar-refractivity contribution is 0.0946. The quantitative estimate of drug-likeness (QED) is 0.735. The molecule has 124 valence electrons. The lowest BCUT2D eigenvalue weighted by atomic mass is 10.1. The first-order chi connectivity index (χ1) is 10.9. The van der Waals surface area contributed by atoms with Gasteiger partial charge in [-0.3, -0.25) is 14.7 Å². The molecule has 0 saturated carbocycles. The summed E-state index contributed by atoms with van der Waals surface area (Å²) in [5.41, 5.74) is 4.33. The van der Waals surface area contributed by atoms with Crippen LogP contribution in [0.5, 0.6) is 0 Å². The van der Waals surface area contributed by atoms with Crippen molar-refractivity contribution < 1.29 is 4.79 Å². The molecule has 0 aliphatic carbocycles. The van der Waals surface area contributed by atoms with Crippen molar-refractivity contribution >= 4 is 5.78 Å². The average Bonchev–Trinajstić information content (AvgIpc) is 2.81. The normalized spacial score (nSPS) is 11.4. The van der Waals surface area contributed by atoms with Gasteiger partial charge in [-0.25, -0.2) is 0 Å². The average molecular weight is 313 g/mol. The van der Waals surface area contributed by atoms with E-state index < -0.39 is 0 Å². The number of pyridine rings is 1. The van der Waals surface area contributed by atoms with Crippen molar-refractivity contribution in [3.05, 3.63) is 53.1 Å². The minimum atomic E-state index is 0.197. The van der Waals surface area contributed by atoms with Crippen LogP contribution in [0.1, 0.15) is 47.2 Å². The summed E-state index contributed by atoms with van der Waals surface area (Å²) >= 11 is 0. The highest BCUT2D eigenvalue weighted by Crippen LogP contribution is 2.20. The Morgan fingerprint density at radius 2 is 1.91 bits per heavy atom. The predicted molar refractivity (Wildman–Crippen MR) is 94.1 cm³/mol. The molecule has 4 heteroatoms. The van der Waals surface area contributed by atoms with Gasteiger partial charge in [0.2, 0.25) is 0 Å². The summed E-state index contributed by atoms with van der Waals surface area (Å²) in [6.45, 7) is 9.71. The highest BCUT2D eigenvalue weighted by Gasteiger charge is 2.18. The SMILES string of the molecule is Cc1cc(C(=O)CN(C)CCc2ccncc2)c(C)n1C(C)C. The van der Waals surface area contributed by atoms with Crippen LogP contribution in [0.2, 0.25) is 0 Å². The Kier molecular flexibility index (Phi) is 5.72. The second kappa shape index (κ2) is 7.55. The van der Waals surface area contributed by atoms with Gasteiger partial charge in [0.05, 0.1) is 6.54 Å². The van der Waals surface area contributed by atoms with Crippen LogP contribution in [0.3, 0.4) is 0 Å². The van der Waals surface area contributed by atoms with Gasteiger partial charge >= 0.3 is 0 Å². The number of nitrogens with zero attached hydrogens (tertiary/aromatic N) is 3. The van der Waals surface area contributed by atoms with Gasteiger partial charge in [-0.15, -0.1) is 0 Å². The standard InChI is InChI=1S/C19H27N3O/c1-14(2)22-15(3)12-18(16(22)4)19(23)13-21(5)11-8-17-6-9-20-10-7-17/h6-7,9-10,12,14H,8,11,13H2,1-5H3. The van der Waals surface area contributed by atoms with E-state index in [2.05, 4.69) is 35.2 Å². The van der Waals surface area contributed by atoms with Crippen molar-refractivity contribution in [2.24, 2.45) is 0 Å². The summed E-state index contributed by atoms with van der Waals surface area (Å²) < 4.78 is 2.23. The zero-order valence-electron chi connectivity index (χ0n) is 14.8. The monoisotopic (exact) mass is 313 g/mol. The topological polar surface area (TPSA) is 38.1 Å². The number of hydrogen-bond acceptors (Lipinski definition) is 3. The number of aryl methyl sites for hydroxylation is 1. The van der Waals surface area contributed by atoms with E-state index in [4.69, 9.17) is 0 Å². The Morgan fingerprint density at radius 1 is 1.26 bits per heavy atom. The molecule has 2 heterocycles. The lowest BCUT2D eigenvalue weighted by Crippen LogP contribution is -2.28. The van der Waals surface area contributed by atoms with Gasteiger partial charge < -0.3 is 4.57 Å². The zero-order chi connectivity index (χ0) is 17.0. The van der Waals surface area contributed by atoms with Gasteiger partial charge in [-0.1, -0.05) is 0 Å². The van der Waals surface area contributed by atoms with Crippen LogP contribution in [0.25, 0.3) is 0 Å². The molecule has 0 aliphatic heterocycles. The first kappa shape index (κ1) is 17.4. The molecule has 4 nitrogen and oxygen atoms in total. The number of carbonyl (C=O) groups excluding carboxylic acids is 1. The fourth-order valence-corrected chi connectivity index (χ4v) is 3.13. The van der Waals surface area contributed by atoms with Crippen molar-refractivity contribution in [1.82, 2.24) is 14.5 Å². The number of rotatable bonds is 7. The largest absolute Gasteiger partial charge is 0.346 e. The maximum absolute atomic E-state index is 12.6. The molecule has 0 spiro atoms. The van der Waals surface area contributed by atoms with E-state index in [-0.39, 0.29) is 5.78 Å². The van der Waals surface area contributed by atoms with Crippen molar-refractivity contribution in [1.29, 1.82) is 0 Å². The van der Waals surface area contributed by atoms with Gasteiger partial charge in [0.25, 0.3) is 0 Å². The molecule has 0 radical (unpaired) electrons. The third-order valence-corrected chi connectivity index (χ3v) is 4.25. The smallest absolute Gasteiger partial charge is 0.178 e. The Hall–Kier alpha value is -1.94. The van der Waals surface area contributed by atoms with E-state index >= 15 is 0 Å². The summed E-state index contributed by atoms with van der Waals surface area (Å²) in [4.78, 5) is 18.7. The van der Waals surface area contributed by atoms with E-state index in [0.717, 1.165) is 29.9 Å². The van der Waals surface area contributed by atoms with Gasteiger partial charge in [0.1, 0.15) is 0 Å². The summed E-state index contributed by atoms with van der Waals surface area (Å²) in [6.07, 6.45) is 4.54. The first-order valence-corrected chi connectivity index (χ1v) is 8.19. The molecule has 0 N–H and O–H groups in total. The highest BCUT2D eigenvalue weighted by atomic mass is 16.1. The Morgan fingerprint density at radius 3 is 2.48 bits per heavy atom. The van der Waals surface area contributed by atoms with Crippen molar-refractivity contribution in [2.75, 3.05) is 20.1 Å². The number of hydrogen-bond donors (Lipinski definition) is 0. The van der Waals surface area contributed by atoms with Gasteiger partial charge in [-0.2, -0.15) is 0 Å². The second-order valence-corrected chi connectivity index (χ2v) is 6.51. The van der Waals surface area contributed by atoms with Gasteiger partial charge in [0.15, 0.2) is 5.78 Å². The van der Waals surface area contributed by atoms with Gasteiger partial charge in [-0.05, 0) is 64.9 Å². The van der Waals surface area contributed by atoms with Crippen LogP contribution in [-0.4, -0.2) is 40.4 Å². The molecule has 0 unspecified atom stereocenters. The maximum atomic E-state index is 12.6. The van der Waals surface area contributed by atoms with E-state index in [0.29, 0.717) is 12.6 Å². The minimum absolute atomic E-state index is 0.197. The number of likely N-dealkylation sites (N-methyl/N-ethyl adjacent to an activating group) is 1. The summed E-state index contributed by atoms with van der Waals surface area (Å²) in [7, 11) is 2.00. The van der Waals surface area contributed by atoms with Crippen LogP contribution in [0, 0.1) is 13.8 Å². The Balaban J connectivity index is 1.97. The van der Waals surface area contributed by atoms with Crippen LogP contribution in [-0.2, 0) is 6.42 Å². The summed E-state index contributed by atoms with van der Waals surface area (Å²) in [6, 6.07) is 6.44.